The predicted molar refractivity (Wildman–Crippen MR) is 81.7 cm³/mol. The standard InChI is InChI=1S/C16H33NO3/c1-13-6-4-5-7-15(13)20-11-14(19)10-17-12-16(2,3)8-9-18/h13-15,17-19H,4-12H2,1-3H3. The van der Waals surface area contributed by atoms with Gasteiger partial charge >= 0.3 is 0 Å². The Kier molecular flexibility index (Phi) is 8.03. The monoisotopic (exact) mass is 287 g/mol. The van der Waals surface area contributed by atoms with Gasteiger partial charge in [-0.3, -0.25) is 0 Å². The van der Waals surface area contributed by atoms with Crippen molar-refractivity contribution >= 4 is 0 Å². The summed E-state index contributed by atoms with van der Waals surface area (Å²) in [4.78, 5) is 0. The van der Waals surface area contributed by atoms with Gasteiger partial charge in [-0.25, -0.2) is 0 Å². The van der Waals surface area contributed by atoms with Crippen LogP contribution in [0.15, 0.2) is 0 Å². The Labute approximate surface area is 123 Å². The van der Waals surface area contributed by atoms with Crippen LogP contribution in [0.1, 0.15) is 52.9 Å². The Morgan fingerprint density at radius 1 is 1.30 bits per heavy atom. The van der Waals surface area contributed by atoms with Crippen molar-refractivity contribution in [3.63, 3.8) is 0 Å². The molecule has 0 bridgehead atoms. The van der Waals surface area contributed by atoms with Gasteiger partial charge in [0.25, 0.3) is 0 Å². The molecule has 0 saturated heterocycles. The number of nitrogens with one attached hydrogen (secondary N) is 1. The zero-order valence-electron chi connectivity index (χ0n) is 13.4. The van der Waals surface area contributed by atoms with Crippen molar-refractivity contribution < 1.29 is 14.9 Å². The molecule has 3 atom stereocenters. The minimum absolute atomic E-state index is 0.0627. The van der Waals surface area contributed by atoms with E-state index in [1.165, 1.54) is 19.3 Å². The van der Waals surface area contributed by atoms with Crippen LogP contribution >= 0.6 is 0 Å². The van der Waals surface area contributed by atoms with E-state index in [4.69, 9.17) is 9.84 Å². The van der Waals surface area contributed by atoms with Crippen molar-refractivity contribution in [1.82, 2.24) is 5.32 Å². The third-order valence-corrected chi connectivity index (χ3v) is 4.31. The highest BCUT2D eigenvalue weighted by Crippen LogP contribution is 2.26. The maximum absolute atomic E-state index is 9.96. The van der Waals surface area contributed by atoms with Crippen LogP contribution in [-0.4, -0.2) is 48.7 Å². The lowest BCUT2D eigenvalue weighted by molar-refractivity contribution is -0.0455. The molecule has 0 aliphatic heterocycles. The Hall–Kier alpha value is -0.160. The lowest BCUT2D eigenvalue weighted by Crippen LogP contribution is -2.38. The number of ether oxygens (including phenoxy) is 1. The first-order chi connectivity index (χ1) is 9.44. The summed E-state index contributed by atoms with van der Waals surface area (Å²) in [6, 6.07) is 0. The quantitative estimate of drug-likeness (QED) is 0.606. The smallest absolute Gasteiger partial charge is 0.0897 e. The summed E-state index contributed by atoms with van der Waals surface area (Å²) >= 11 is 0. The Morgan fingerprint density at radius 2 is 2.00 bits per heavy atom. The molecule has 120 valence electrons. The van der Waals surface area contributed by atoms with Crippen molar-refractivity contribution in [2.24, 2.45) is 11.3 Å². The molecule has 0 spiro atoms. The fraction of sp³-hybridized carbons (Fsp3) is 1.00. The van der Waals surface area contributed by atoms with E-state index in [9.17, 15) is 5.11 Å². The Morgan fingerprint density at radius 3 is 2.65 bits per heavy atom. The molecule has 3 N–H and O–H groups in total. The molecule has 20 heavy (non-hydrogen) atoms. The van der Waals surface area contributed by atoms with Gasteiger partial charge in [-0.05, 0) is 30.6 Å². The van der Waals surface area contributed by atoms with Gasteiger partial charge in [0.05, 0.1) is 18.8 Å². The molecule has 0 radical (unpaired) electrons. The Balaban J connectivity index is 2.12. The summed E-state index contributed by atoms with van der Waals surface area (Å²) < 4.78 is 5.86. The molecule has 3 unspecified atom stereocenters. The maximum Gasteiger partial charge on any atom is 0.0897 e. The largest absolute Gasteiger partial charge is 0.396 e. The third-order valence-electron chi connectivity index (χ3n) is 4.31. The number of hydrogen-bond donors (Lipinski definition) is 3. The van der Waals surface area contributed by atoms with Gasteiger partial charge in [-0.1, -0.05) is 33.6 Å². The molecule has 1 aliphatic carbocycles. The zero-order chi connectivity index (χ0) is 15.0. The fourth-order valence-electron chi connectivity index (χ4n) is 2.79. The van der Waals surface area contributed by atoms with Gasteiger partial charge in [0.2, 0.25) is 0 Å². The molecular weight excluding hydrogens is 254 g/mol. The molecule has 4 heteroatoms. The molecule has 4 nitrogen and oxygen atoms in total. The van der Waals surface area contributed by atoms with Gasteiger partial charge in [0.15, 0.2) is 0 Å². The van der Waals surface area contributed by atoms with E-state index >= 15 is 0 Å². The molecule has 0 amide bonds. The van der Waals surface area contributed by atoms with Crippen LogP contribution in [0, 0.1) is 11.3 Å². The topological polar surface area (TPSA) is 61.7 Å². The van der Waals surface area contributed by atoms with Gasteiger partial charge < -0.3 is 20.3 Å². The molecule has 0 aromatic heterocycles. The van der Waals surface area contributed by atoms with Crippen molar-refractivity contribution in [1.29, 1.82) is 0 Å². The number of rotatable bonds is 9. The van der Waals surface area contributed by atoms with Crippen molar-refractivity contribution in [3.05, 3.63) is 0 Å². The molecule has 1 saturated carbocycles. The van der Waals surface area contributed by atoms with E-state index in [1.54, 1.807) is 0 Å². The van der Waals surface area contributed by atoms with E-state index in [1.807, 2.05) is 0 Å². The fourth-order valence-corrected chi connectivity index (χ4v) is 2.79. The average molecular weight is 287 g/mol. The van der Waals surface area contributed by atoms with Gasteiger partial charge in [0.1, 0.15) is 0 Å². The summed E-state index contributed by atoms with van der Waals surface area (Å²) in [7, 11) is 0. The summed E-state index contributed by atoms with van der Waals surface area (Å²) in [5, 5.41) is 22.2. The van der Waals surface area contributed by atoms with E-state index < -0.39 is 6.10 Å². The first-order valence-electron chi connectivity index (χ1n) is 8.06. The lowest BCUT2D eigenvalue weighted by Gasteiger charge is -2.30. The summed E-state index contributed by atoms with van der Waals surface area (Å²) in [5.41, 5.74) is 0.0627. The number of hydrogen-bond acceptors (Lipinski definition) is 4. The van der Waals surface area contributed by atoms with Crippen LogP contribution in [0.25, 0.3) is 0 Å². The normalized spacial score (nSPS) is 25.6. The summed E-state index contributed by atoms with van der Waals surface area (Å²) in [6.45, 7) is 8.44. The molecule has 1 fully saturated rings. The van der Waals surface area contributed by atoms with Crippen molar-refractivity contribution in [3.8, 4) is 0 Å². The van der Waals surface area contributed by atoms with E-state index in [0.717, 1.165) is 19.4 Å². The highest BCUT2D eigenvalue weighted by Gasteiger charge is 2.23. The zero-order valence-corrected chi connectivity index (χ0v) is 13.4. The molecule has 0 aromatic rings. The molecule has 1 rings (SSSR count). The first kappa shape index (κ1) is 17.9. The van der Waals surface area contributed by atoms with Crippen LogP contribution < -0.4 is 5.32 Å². The summed E-state index contributed by atoms with van der Waals surface area (Å²) in [5.74, 6) is 0.618. The van der Waals surface area contributed by atoms with E-state index in [0.29, 0.717) is 25.2 Å². The molecule has 1 aliphatic rings. The molecular formula is C16H33NO3. The van der Waals surface area contributed by atoms with E-state index in [-0.39, 0.29) is 12.0 Å². The van der Waals surface area contributed by atoms with Gasteiger partial charge in [-0.15, -0.1) is 0 Å². The third kappa shape index (κ3) is 7.02. The van der Waals surface area contributed by atoms with Gasteiger partial charge in [0, 0.05) is 19.7 Å². The molecule has 0 aromatic carbocycles. The molecule has 0 heterocycles. The second-order valence-electron chi connectivity index (χ2n) is 7.06. The SMILES string of the molecule is CC1CCCCC1OCC(O)CNCC(C)(C)CCO. The first-order valence-corrected chi connectivity index (χ1v) is 8.06. The van der Waals surface area contributed by atoms with Crippen molar-refractivity contribution in [2.75, 3.05) is 26.3 Å². The van der Waals surface area contributed by atoms with Crippen LogP contribution in [-0.2, 0) is 4.74 Å². The van der Waals surface area contributed by atoms with E-state index in [2.05, 4.69) is 26.1 Å². The summed E-state index contributed by atoms with van der Waals surface area (Å²) in [6.07, 6.45) is 5.58. The van der Waals surface area contributed by atoms with Crippen LogP contribution in [0.2, 0.25) is 0 Å². The van der Waals surface area contributed by atoms with Crippen LogP contribution in [0.3, 0.4) is 0 Å². The van der Waals surface area contributed by atoms with Gasteiger partial charge in [-0.2, -0.15) is 0 Å². The number of aliphatic hydroxyl groups is 2. The highest BCUT2D eigenvalue weighted by atomic mass is 16.5. The highest BCUT2D eigenvalue weighted by molar-refractivity contribution is 4.74. The van der Waals surface area contributed by atoms with Crippen LogP contribution in [0.4, 0.5) is 0 Å². The minimum Gasteiger partial charge on any atom is -0.396 e. The predicted octanol–water partition coefficient (Wildman–Crippen LogP) is 1.94. The Bertz CT molecular complexity index is 258. The van der Waals surface area contributed by atoms with Crippen LogP contribution in [0.5, 0.6) is 0 Å². The number of aliphatic hydroxyl groups excluding tert-OH is 2. The lowest BCUT2D eigenvalue weighted by atomic mass is 9.88. The average Bonchev–Trinajstić information content (AvgIpc) is 2.37. The second kappa shape index (κ2) is 8.98. The van der Waals surface area contributed by atoms with Crippen molar-refractivity contribution in [2.45, 2.75) is 65.1 Å². The second-order valence-corrected chi connectivity index (χ2v) is 7.06. The maximum atomic E-state index is 9.96. The minimum atomic E-state index is -0.450.